The molecule has 2 rings (SSSR count). The smallest absolute Gasteiger partial charge is 0.0108 e. The average molecular weight is 203 g/mol. The first-order valence-corrected chi connectivity index (χ1v) is 6.05. The Morgan fingerprint density at radius 1 is 1.47 bits per heavy atom. The summed E-state index contributed by atoms with van der Waals surface area (Å²) in [7, 11) is 0. The first-order chi connectivity index (χ1) is 7.22. The summed E-state index contributed by atoms with van der Waals surface area (Å²) in [6, 6.07) is 7.53. The minimum Gasteiger partial charge on any atom is -0.314 e. The zero-order valence-electron chi connectivity index (χ0n) is 10.0. The fourth-order valence-electron chi connectivity index (χ4n) is 2.74. The van der Waals surface area contributed by atoms with Crippen LogP contribution in [0.5, 0.6) is 0 Å². The summed E-state index contributed by atoms with van der Waals surface area (Å²) < 4.78 is 0. The van der Waals surface area contributed by atoms with Crippen LogP contribution in [0.1, 0.15) is 42.9 Å². The number of nitrogens with one attached hydrogen (secondary N) is 1. The van der Waals surface area contributed by atoms with Crippen molar-refractivity contribution in [3.63, 3.8) is 0 Å². The molecule has 1 heteroatoms. The lowest BCUT2D eigenvalue weighted by atomic mass is 9.93. The monoisotopic (exact) mass is 203 g/mol. The van der Waals surface area contributed by atoms with Gasteiger partial charge in [-0.15, -0.1) is 0 Å². The summed E-state index contributed by atoms with van der Waals surface area (Å²) in [6.45, 7) is 7.75. The molecule has 0 amide bonds. The molecule has 82 valence electrons. The molecule has 1 N–H and O–H groups in total. The highest BCUT2D eigenvalue weighted by atomic mass is 14.9. The SMILES string of the molecule is CCNC(C)C1CCc2ccc(C)cc21. The van der Waals surface area contributed by atoms with E-state index < -0.39 is 0 Å². The molecule has 0 spiro atoms. The van der Waals surface area contributed by atoms with Crippen LogP contribution >= 0.6 is 0 Å². The van der Waals surface area contributed by atoms with Gasteiger partial charge in [-0.3, -0.25) is 0 Å². The van der Waals surface area contributed by atoms with Gasteiger partial charge in [-0.25, -0.2) is 0 Å². The second kappa shape index (κ2) is 4.36. The molecule has 0 bridgehead atoms. The Labute approximate surface area is 92.9 Å². The molecule has 1 aliphatic carbocycles. The van der Waals surface area contributed by atoms with Crippen LogP contribution in [0.15, 0.2) is 18.2 Å². The lowest BCUT2D eigenvalue weighted by Crippen LogP contribution is -2.30. The topological polar surface area (TPSA) is 12.0 Å². The van der Waals surface area contributed by atoms with Crippen molar-refractivity contribution in [1.82, 2.24) is 5.32 Å². The molecule has 1 aromatic carbocycles. The predicted molar refractivity (Wildman–Crippen MR) is 65.4 cm³/mol. The van der Waals surface area contributed by atoms with Crippen LogP contribution in [-0.2, 0) is 6.42 Å². The van der Waals surface area contributed by atoms with E-state index in [1.54, 1.807) is 11.1 Å². The van der Waals surface area contributed by atoms with E-state index in [-0.39, 0.29) is 0 Å². The predicted octanol–water partition coefficient (Wildman–Crippen LogP) is 3.02. The number of hydrogen-bond donors (Lipinski definition) is 1. The van der Waals surface area contributed by atoms with Crippen molar-refractivity contribution in [2.45, 2.75) is 45.6 Å². The van der Waals surface area contributed by atoms with Crippen LogP contribution in [-0.4, -0.2) is 12.6 Å². The normalized spacial score (nSPS) is 21.4. The van der Waals surface area contributed by atoms with Crippen LogP contribution in [0.25, 0.3) is 0 Å². The third kappa shape index (κ3) is 2.07. The third-order valence-electron chi connectivity index (χ3n) is 3.56. The molecular weight excluding hydrogens is 182 g/mol. The molecule has 0 heterocycles. The van der Waals surface area contributed by atoms with E-state index >= 15 is 0 Å². The number of likely N-dealkylation sites (N-methyl/N-ethyl adjacent to an activating group) is 1. The van der Waals surface area contributed by atoms with Crippen LogP contribution in [0.2, 0.25) is 0 Å². The van der Waals surface area contributed by atoms with Gasteiger partial charge in [0.1, 0.15) is 0 Å². The molecule has 2 atom stereocenters. The van der Waals surface area contributed by atoms with E-state index in [9.17, 15) is 0 Å². The maximum atomic E-state index is 3.55. The fraction of sp³-hybridized carbons (Fsp3) is 0.571. The lowest BCUT2D eigenvalue weighted by Gasteiger charge is -2.21. The Balaban J connectivity index is 2.23. The van der Waals surface area contributed by atoms with Crippen LogP contribution in [0.3, 0.4) is 0 Å². The van der Waals surface area contributed by atoms with E-state index in [2.05, 4.69) is 44.3 Å². The molecule has 1 nitrogen and oxygen atoms in total. The standard InChI is InChI=1S/C14H21N/c1-4-15-11(3)13-8-7-12-6-5-10(2)9-14(12)13/h5-6,9,11,13,15H,4,7-8H2,1-3H3. The molecule has 1 aromatic rings. The minimum atomic E-state index is 0.609. The second-order valence-corrected chi connectivity index (χ2v) is 4.69. The number of benzene rings is 1. The van der Waals surface area contributed by atoms with Gasteiger partial charge in [-0.1, -0.05) is 30.7 Å². The lowest BCUT2D eigenvalue weighted by molar-refractivity contribution is 0.468. The quantitative estimate of drug-likeness (QED) is 0.796. The Morgan fingerprint density at radius 2 is 2.27 bits per heavy atom. The Kier molecular flexibility index (Phi) is 3.11. The largest absolute Gasteiger partial charge is 0.314 e. The highest BCUT2D eigenvalue weighted by Crippen LogP contribution is 2.35. The van der Waals surface area contributed by atoms with Gasteiger partial charge in [-0.2, -0.15) is 0 Å². The van der Waals surface area contributed by atoms with Gasteiger partial charge in [0, 0.05) is 6.04 Å². The van der Waals surface area contributed by atoms with Gasteiger partial charge < -0.3 is 5.32 Å². The number of rotatable bonds is 3. The van der Waals surface area contributed by atoms with Gasteiger partial charge >= 0.3 is 0 Å². The van der Waals surface area contributed by atoms with Crippen molar-refractivity contribution >= 4 is 0 Å². The van der Waals surface area contributed by atoms with Crippen molar-refractivity contribution in [3.05, 3.63) is 34.9 Å². The molecule has 0 aliphatic heterocycles. The summed E-state index contributed by atoms with van der Waals surface area (Å²) in [5.41, 5.74) is 4.54. The summed E-state index contributed by atoms with van der Waals surface area (Å²) in [6.07, 6.45) is 2.57. The first-order valence-electron chi connectivity index (χ1n) is 6.05. The van der Waals surface area contributed by atoms with E-state index in [1.807, 2.05) is 0 Å². The molecule has 15 heavy (non-hydrogen) atoms. The Morgan fingerprint density at radius 3 is 3.00 bits per heavy atom. The first kappa shape index (κ1) is 10.7. The van der Waals surface area contributed by atoms with Crippen molar-refractivity contribution in [1.29, 1.82) is 0 Å². The highest BCUT2D eigenvalue weighted by molar-refractivity contribution is 5.38. The van der Waals surface area contributed by atoms with Crippen LogP contribution in [0.4, 0.5) is 0 Å². The van der Waals surface area contributed by atoms with Gasteiger partial charge in [0.05, 0.1) is 0 Å². The van der Waals surface area contributed by atoms with Gasteiger partial charge in [0.25, 0.3) is 0 Å². The fourth-order valence-corrected chi connectivity index (χ4v) is 2.74. The molecule has 0 aromatic heterocycles. The molecule has 0 fully saturated rings. The van der Waals surface area contributed by atoms with Gasteiger partial charge in [0.15, 0.2) is 0 Å². The van der Waals surface area contributed by atoms with Crippen LogP contribution < -0.4 is 5.32 Å². The molecule has 0 radical (unpaired) electrons. The zero-order chi connectivity index (χ0) is 10.8. The van der Waals surface area contributed by atoms with E-state index in [1.165, 1.54) is 18.4 Å². The molecule has 0 saturated heterocycles. The average Bonchev–Trinajstić information content (AvgIpc) is 2.60. The number of fused-ring (bicyclic) bond motifs is 1. The maximum absolute atomic E-state index is 3.55. The van der Waals surface area contributed by atoms with E-state index in [4.69, 9.17) is 0 Å². The third-order valence-corrected chi connectivity index (χ3v) is 3.56. The van der Waals surface area contributed by atoms with E-state index in [0.29, 0.717) is 6.04 Å². The number of aryl methyl sites for hydroxylation is 2. The van der Waals surface area contributed by atoms with Crippen molar-refractivity contribution < 1.29 is 0 Å². The summed E-state index contributed by atoms with van der Waals surface area (Å²) in [4.78, 5) is 0. The van der Waals surface area contributed by atoms with Crippen molar-refractivity contribution in [3.8, 4) is 0 Å². The van der Waals surface area contributed by atoms with Crippen LogP contribution in [0, 0.1) is 6.92 Å². The molecule has 2 unspecified atom stereocenters. The van der Waals surface area contributed by atoms with Gasteiger partial charge in [0.2, 0.25) is 0 Å². The van der Waals surface area contributed by atoms with Crippen molar-refractivity contribution in [2.24, 2.45) is 0 Å². The number of hydrogen-bond acceptors (Lipinski definition) is 1. The van der Waals surface area contributed by atoms with E-state index in [0.717, 1.165) is 12.5 Å². The molecule has 1 aliphatic rings. The van der Waals surface area contributed by atoms with Crippen molar-refractivity contribution in [2.75, 3.05) is 6.54 Å². The zero-order valence-corrected chi connectivity index (χ0v) is 10.0. The summed E-state index contributed by atoms with van der Waals surface area (Å²) in [5, 5.41) is 3.55. The molecule has 0 saturated carbocycles. The highest BCUT2D eigenvalue weighted by Gasteiger charge is 2.26. The Bertz CT molecular complexity index is 343. The van der Waals surface area contributed by atoms with Gasteiger partial charge in [-0.05, 0) is 50.3 Å². The Hall–Kier alpha value is -0.820. The summed E-state index contributed by atoms with van der Waals surface area (Å²) >= 11 is 0. The molecular formula is C14H21N. The maximum Gasteiger partial charge on any atom is 0.0108 e. The minimum absolute atomic E-state index is 0.609. The second-order valence-electron chi connectivity index (χ2n) is 4.69. The summed E-state index contributed by atoms with van der Waals surface area (Å²) in [5.74, 6) is 0.722.